The monoisotopic (exact) mass is 2050 g/mol. The summed E-state index contributed by atoms with van der Waals surface area (Å²) in [7, 11) is 0. The number of hydrogen-bond acceptors (Lipinski definition) is 24. The third-order valence-corrected chi connectivity index (χ3v) is 26.5. The van der Waals surface area contributed by atoms with Crippen molar-refractivity contribution < 1.29 is 160 Å². The Bertz CT molecular complexity index is 6180. The van der Waals surface area contributed by atoms with E-state index in [2.05, 4.69) is 16.0 Å². The molecule has 30 heteroatoms. The fraction of sp³-hybridized carbons (Fsp3) is 0.357. The smallest absolute Gasteiger partial charge is 0.340 e. The van der Waals surface area contributed by atoms with Gasteiger partial charge in [-0.3, -0.25) is 14.4 Å². The van der Waals surface area contributed by atoms with Gasteiger partial charge < -0.3 is 93.2 Å². The molecule has 0 aromatic heterocycles. The van der Waals surface area contributed by atoms with Gasteiger partial charge in [-0.2, -0.15) is 0 Å². The van der Waals surface area contributed by atoms with Crippen molar-refractivity contribution in [3.63, 3.8) is 0 Å². The predicted octanol–water partition coefficient (Wildman–Crippen LogP) is 20.6. The average Bonchev–Trinajstić information content (AvgIpc) is 0.762. The van der Waals surface area contributed by atoms with Crippen molar-refractivity contribution in [2.24, 2.45) is 23.7 Å². The van der Waals surface area contributed by atoms with E-state index >= 15 is 0 Å². The van der Waals surface area contributed by atoms with Gasteiger partial charge in [0.1, 0.15) is 46.9 Å². The van der Waals surface area contributed by atoms with Gasteiger partial charge in [0.2, 0.25) is 55.1 Å². The van der Waals surface area contributed by atoms with Crippen LogP contribution < -0.4 is 30.2 Å². The van der Waals surface area contributed by atoms with Gasteiger partial charge in [-0.25, -0.2) is 37.1 Å². The first-order chi connectivity index (χ1) is 78.9. The molecule has 0 aliphatic carbocycles. The second-order valence-electron chi connectivity index (χ2n) is 38.2. The highest BCUT2D eigenvalue weighted by molar-refractivity contribution is 5.92. The zero-order valence-electron chi connectivity index (χ0n) is 104. The normalized spacial score (nSPS) is 23.5. The van der Waals surface area contributed by atoms with Crippen LogP contribution in [0.15, 0.2) is 279 Å². The Morgan fingerprint density at radius 2 is 0.538 bits per heavy atom. The lowest BCUT2D eigenvalue weighted by Crippen LogP contribution is -2.62. The quantitative estimate of drug-likeness (QED) is 0.0177. The Balaban J connectivity index is 0.00000106. The maximum atomic E-state index is 14.3. The van der Waals surface area contributed by atoms with Gasteiger partial charge in [0, 0.05) is 95.2 Å². The molecule has 4 heterocycles. The number of carbonyl (C=O) groups is 8. The second-order valence-corrected chi connectivity index (χ2v) is 38.2. The zero-order valence-corrected chi connectivity index (χ0v) is 83.6. The molecule has 788 valence electrons. The van der Waals surface area contributed by atoms with E-state index in [9.17, 15) is 72.0 Å². The maximum Gasteiger partial charge on any atom is 0.340 e. The van der Waals surface area contributed by atoms with Crippen molar-refractivity contribution in [1.82, 2.24) is 16.0 Å². The van der Waals surface area contributed by atoms with Crippen molar-refractivity contribution >= 4 is 47.6 Å². The molecule has 11 aromatic carbocycles. The lowest BCUT2D eigenvalue weighted by molar-refractivity contribution is -0.291. The number of nitrogens with one attached hydrogen (secondary N) is 3. The maximum absolute atomic E-state index is 14.3. The van der Waals surface area contributed by atoms with E-state index in [0.29, 0.717) is 106 Å². The van der Waals surface area contributed by atoms with Crippen LogP contribution >= 0.6 is 0 Å². The molecule has 4 aliphatic rings. The molecule has 4 aliphatic heterocycles. The Hall–Kier alpha value is -14.0. The SMILES string of the molecule is CC(=O)NCCc1ccc(OC2OC(C)(C)[C@H](C)[C@@H](OC(=O)c3ccccc3)[C@H]2OC(=O)c2ccccc2)cc1-c1cccc(F)c1.CC(=O)NCCc1ccc(O[C@@H]2OC(C)(C)[C@H](C)[C@@H](O)[C@H]2O)cc1-c1cccc(F)c1.CC(=O)NCCc1ccc(O[C@H]2OC(C)(C)[C@H](C)[C@@H](O)[C@H]2O)cc1-c1cccc(F)c1.C[C@@H]1[C@@H](OC(=O)c2ccccc2)[C@@H](OC(=O)c2ccccc2)C(OC(=O)c2ccccc2)OC1(C)C.[3HH].[3H][3H].[3H][3H].[3H][3H].[3H][3H].[3H][3H].[3H][3H].[3H][3H].[3H][3H].[3H][3H].[3H][3H]. The van der Waals surface area contributed by atoms with Crippen LogP contribution in [0.4, 0.5) is 13.2 Å². The minimum absolute atomic E-state index is 0. The van der Waals surface area contributed by atoms with Crippen molar-refractivity contribution in [3.05, 3.63) is 341 Å². The summed E-state index contributed by atoms with van der Waals surface area (Å²) < 4.78 is 214. The van der Waals surface area contributed by atoms with Crippen molar-refractivity contribution in [1.29, 1.82) is 0 Å². The van der Waals surface area contributed by atoms with Gasteiger partial charge >= 0.3 is 29.8 Å². The number of rotatable bonds is 28. The first-order valence-electron chi connectivity index (χ1n) is 58.1. The van der Waals surface area contributed by atoms with Gasteiger partial charge in [-0.05, 0) is 258 Å². The average molecular weight is 2060 g/mol. The molecule has 4 fully saturated rings. The number of ether oxygens (including phenoxy) is 12. The first-order valence-corrected chi connectivity index (χ1v) is 48.1. The van der Waals surface area contributed by atoms with E-state index in [1.807, 2.05) is 87.4 Å². The molecule has 0 radical (unpaired) electrons. The van der Waals surface area contributed by atoms with E-state index in [1.165, 1.54) is 57.2 Å². The van der Waals surface area contributed by atoms with Gasteiger partial charge in [0.25, 0.3) is 0 Å². The molecule has 4 saturated heterocycles. The Kier molecular flexibility index (Phi) is 32.8. The van der Waals surface area contributed by atoms with Crippen LogP contribution in [0.2, 0.25) is 0 Å². The second kappa shape index (κ2) is 49.6. The topological polar surface area (TPSA) is 364 Å². The minimum atomic E-state index is -1.31. The molecular weight excluding hydrogens is 1860 g/mol. The molecule has 27 nitrogen and oxygen atoms in total. The minimum Gasteiger partial charge on any atom is -0.462 e. The van der Waals surface area contributed by atoms with Crippen LogP contribution in [0.1, 0.15) is 203 Å². The van der Waals surface area contributed by atoms with Gasteiger partial charge in [0.05, 0.1) is 62.4 Å². The molecule has 11 aromatic rings. The Morgan fingerprint density at radius 1 is 0.297 bits per heavy atom. The molecule has 0 saturated carbocycles. The molecule has 2 unspecified atom stereocenters. The lowest BCUT2D eigenvalue weighted by Gasteiger charge is -2.48. The third-order valence-electron chi connectivity index (χ3n) is 26.5. The number of aliphatic hydroxyl groups excluding tert-OH is 4. The van der Waals surface area contributed by atoms with Crippen LogP contribution in [0.3, 0.4) is 0 Å². The number of esters is 5. The van der Waals surface area contributed by atoms with Crippen molar-refractivity contribution in [2.75, 3.05) is 19.6 Å². The standard InChI is InChI=1S/C38H38FNO7.C29H28O7.2C24H30FNO5.11H2/c1-24-33(45-35(42)27-12-7-5-8-13-27)34(46-36(43)28-14-9-6-10-15-28)37(47-38(24,3)4)44-31-19-18-26(20-21-40-25(2)41)32(23-31)29-16-11-17-30(39)22-29;1-19-23(33-25(30)20-13-7-4-8-14-20)24(34-26(31)21-15-9-5-10-16-21)28(36-29(19,2)3)35-27(32)22-17-11-6-12-18-22;2*1-14-21(28)22(29)23(31-24(14,3)4)30-19-9-8-16(10-11-26-15(2)27)20(13-19)17-6-5-7-18(25)12-17;;;;;;;;;;;/h5-19,22-24,33-34,37H,20-21H2,1-4H3,(H,40,41);4-19,23-24,28H,1-3H3;2*5-9,12-14,21-23,28-29H,10-11H2,1-4H3,(H,26,27);11*1H/t24-,33-,34-,37?;19-,23-,24-,28?;14-,21-,22-,23+;14-,21-,22-,23-;;;;;;;;;;;/m1111.........../s1/i;;;;10*1+2T;1+2. The highest BCUT2D eigenvalue weighted by Crippen LogP contribution is 2.45. The summed E-state index contributed by atoms with van der Waals surface area (Å²) in [6.45, 7) is 27.7. The third kappa shape index (κ3) is 29.5. The molecule has 3 amide bonds. The summed E-state index contributed by atoms with van der Waals surface area (Å²) in [5.41, 5.74) is 5.33. The van der Waals surface area contributed by atoms with Gasteiger partial charge in [-0.1, -0.05) is 173 Å². The van der Waals surface area contributed by atoms with E-state index in [-0.39, 0.29) is 42.6 Å². The molecule has 15 rings (SSSR count). The van der Waals surface area contributed by atoms with Crippen LogP contribution in [-0.2, 0) is 76.3 Å². The predicted molar refractivity (Wildman–Crippen MR) is 559 cm³/mol. The number of carbonyl (C=O) groups excluding carboxylic acids is 8. The zero-order chi connectivity index (χ0) is 125. The van der Waals surface area contributed by atoms with E-state index in [1.54, 1.807) is 238 Å². The highest BCUT2D eigenvalue weighted by Gasteiger charge is 2.56. The van der Waals surface area contributed by atoms with Crippen LogP contribution in [0.25, 0.3) is 33.4 Å². The van der Waals surface area contributed by atoms with E-state index in [0.717, 1.165) is 27.8 Å². The molecular formula is C115H148F3N3O24. The van der Waals surface area contributed by atoms with Crippen molar-refractivity contribution in [2.45, 2.75) is 220 Å². The first kappa shape index (κ1) is 95.9. The van der Waals surface area contributed by atoms with E-state index < -0.39 is 144 Å². The summed E-state index contributed by atoms with van der Waals surface area (Å²) in [6.07, 6.45) is -11.7. The summed E-state index contributed by atoms with van der Waals surface area (Å²) in [5, 5.41) is 50.0. The molecule has 0 spiro atoms. The van der Waals surface area contributed by atoms with Crippen LogP contribution in [-0.4, -0.2) is 184 Å². The summed E-state index contributed by atoms with van der Waals surface area (Å²) in [4.78, 5) is 99.6. The number of halogens is 3. The summed E-state index contributed by atoms with van der Waals surface area (Å²) in [6, 6.07) is 77.1. The molecule has 7 N–H and O–H groups in total. The summed E-state index contributed by atoms with van der Waals surface area (Å²) >= 11 is 0. The lowest BCUT2D eigenvalue weighted by atomic mass is 9.82. The number of benzene rings is 11. The van der Waals surface area contributed by atoms with Crippen LogP contribution in [0, 0.1) is 41.1 Å². The Labute approximate surface area is 874 Å². The van der Waals surface area contributed by atoms with Crippen molar-refractivity contribution in [3.8, 4) is 50.6 Å². The largest absolute Gasteiger partial charge is 0.462 e. The van der Waals surface area contributed by atoms with Crippen LogP contribution in [0.5, 0.6) is 17.2 Å². The molecule has 0 bridgehead atoms. The fourth-order valence-corrected chi connectivity index (χ4v) is 16.9. The Morgan fingerprint density at radius 3 is 0.814 bits per heavy atom. The van der Waals surface area contributed by atoms with E-state index in [4.69, 9.17) is 86.5 Å². The fourth-order valence-electron chi connectivity index (χ4n) is 16.9. The number of aliphatic hydroxyl groups is 4. The summed E-state index contributed by atoms with van der Waals surface area (Å²) in [5.74, 6) is -4.78. The highest BCUT2D eigenvalue weighted by atomic mass is 19.1. The number of hydrogen-bond donors (Lipinski definition) is 7. The van der Waals surface area contributed by atoms with Gasteiger partial charge in [-0.15, -0.1) is 0 Å². The van der Waals surface area contributed by atoms with Gasteiger partial charge in [0.15, 0.2) is 12.2 Å². The molecule has 16 atom stereocenters. The number of amides is 3. The molecule has 145 heavy (non-hydrogen) atoms.